The smallest absolute Gasteiger partial charge is 0.194 e. The van der Waals surface area contributed by atoms with Gasteiger partial charge in [-0.05, 0) is 42.8 Å². The summed E-state index contributed by atoms with van der Waals surface area (Å²) in [5, 5.41) is 0. The molecule has 0 saturated carbocycles. The van der Waals surface area contributed by atoms with Crippen LogP contribution in [0, 0.1) is 6.92 Å². The molecule has 0 saturated heterocycles. The van der Waals surface area contributed by atoms with Gasteiger partial charge in [0.2, 0.25) is 0 Å². The molecule has 1 aliphatic rings. The van der Waals surface area contributed by atoms with Crippen LogP contribution in [0.1, 0.15) is 37.4 Å². The zero-order valence-electron chi connectivity index (χ0n) is 10.4. The Kier molecular flexibility index (Phi) is 2.22. The number of carbonyl (C=O) groups excluding carboxylic acids is 2. The molecule has 1 aliphatic carbocycles. The van der Waals surface area contributed by atoms with Crippen molar-refractivity contribution in [1.29, 1.82) is 0 Å². The Bertz CT molecular complexity index is 748. The first-order valence-corrected chi connectivity index (χ1v) is 5.88. The number of nitrogens with two attached hydrogens (primary N) is 2. The van der Waals surface area contributed by atoms with Gasteiger partial charge in [-0.1, -0.05) is 0 Å². The Balaban J connectivity index is 2.36. The fourth-order valence-corrected chi connectivity index (χ4v) is 2.52. The lowest BCUT2D eigenvalue weighted by atomic mass is 9.81. The Labute approximate surface area is 110 Å². The quantitative estimate of drug-likeness (QED) is 0.598. The third-order valence-corrected chi connectivity index (χ3v) is 3.36. The van der Waals surface area contributed by atoms with Gasteiger partial charge < -0.3 is 11.5 Å². The number of aryl methyl sites for hydroxylation is 1. The summed E-state index contributed by atoms with van der Waals surface area (Å²) in [5.74, 6) is -0.352. The summed E-state index contributed by atoms with van der Waals surface area (Å²) in [6, 6.07) is 8.01. The van der Waals surface area contributed by atoms with Crippen molar-refractivity contribution in [3.63, 3.8) is 0 Å². The number of fused-ring (bicyclic) bond motifs is 2. The summed E-state index contributed by atoms with van der Waals surface area (Å²) >= 11 is 0. The fourth-order valence-electron chi connectivity index (χ4n) is 2.52. The minimum atomic E-state index is -0.181. The summed E-state index contributed by atoms with van der Waals surface area (Å²) < 4.78 is 0. The average Bonchev–Trinajstić information content (AvgIpc) is 2.35. The molecule has 0 bridgehead atoms. The van der Waals surface area contributed by atoms with Crippen molar-refractivity contribution in [3.8, 4) is 0 Å². The van der Waals surface area contributed by atoms with Gasteiger partial charge in [0.15, 0.2) is 11.6 Å². The van der Waals surface area contributed by atoms with E-state index in [-0.39, 0.29) is 11.6 Å². The summed E-state index contributed by atoms with van der Waals surface area (Å²) in [6.07, 6.45) is 0. The Morgan fingerprint density at radius 2 is 1.47 bits per heavy atom. The van der Waals surface area contributed by atoms with Crippen molar-refractivity contribution in [2.75, 3.05) is 11.5 Å². The van der Waals surface area contributed by atoms with Crippen LogP contribution in [0.3, 0.4) is 0 Å². The molecule has 4 nitrogen and oxygen atoms in total. The predicted molar refractivity (Wildman–Crippen MR) is 73.3 cm³/mol. The van der Waals surface area contributed by atoms with Gasteiger partial charge in [0.1, 0.15) is 0 Å². The van der Waals surface area contributed by atoms with Crippen molar-refractivity contribution >= 4 is 22.9 Å². The van der Waals surface area contributed by atoms with Crippen LogP contribution in [0.5, 0.6) is 0 Å². The van der Waals surface area contributed by atoms with Gasteiger partial charge in [-0.2, -0.15) is 0 Å². The molecule has 0 radical (unpaired) electrons. The van der Waals surface area contributed by atoms with E-state index >= 15 is 0 Å². The number of ketones is 2. The Morgan fingerprint density at radius 1 is 0.789 bits per heavy atom. The second-order valence-electron chi connectivity index (χ2n) is 4.72. The summed E-state index contributed by atoms with van der Waals surface area (Å²) in [6.45, 7) is 1.78. The van der Waals surface area contributed by atoms with E-state index in [1.165, 1.54) is 0 Å². The zero-order valence-corrected chi connectivity index (χ0v) is 10.4. The number of hydrogen-bond donors (Lipinski definition) is 2. The molecule has 94 valence electrons. The van der Waals surface area contributed by atoms with Crippen LogP contribution in [0.25, 0.3) is 0 Å². The van der Waals surface area contributed by atoms with E-state index in [0.717, 1.165) is 0 Å². The van der Waals surface area contributed by atoms with Crippen molar-refractivity contribution in [1.82, 2.24) is 0 Å². The first-order valence-electron chi connectivity index (χ1n) is 5.88. The molecular formula is C15H12N2O2. The molecule has 4 N–H and O–H groups in total. The third kappa shape index (κ3) is 1.53. The van der Waals surface area contributed by atoms with Crippen molar-refractivity contribution in [2.24, 2.45) is 0 Å². The highest BCUT2D eigenvalue weighted by Crippen LogP contribution is 2.31. The van der Waals surface area contributed by atoms with Crippen LogP contribution in [0.4, 0.5) is 11.4 Å². The largest absolute Gasteiger partial charge is 0.399 e. The SMILES string of the molecule is Cc1cc(N)cc2c1C(=O)c1cc(N)ccc1C2=O. The highest BCUT2D eigenvalue weighted by molar-refractivity contribution is 6.29. The topological polar surface area (TPSA) is 86.2 Å². The van der Waals surface area contributed by atoms with Gasteiger partial charge in [0.05, 0.1) is 0 Å². The van der Waals surface area contributed by atoms with Gasteiger partial charge in [-0.15, -0.1) is 0 Å². The van der Waals surface area contributed by atoms with E-state index in [0.29, 0.717) is 39.2 Å². The van der Waals surface area contributed by atoms with Crippen LogP contribution in [0.2, 0.25) is 0 Å². The average molecular weight is 252 g/mol. The van der Waals surface area contributed by atoms with Crippen LogP contribution in [0.15, 0.2) is 30.3 Å². The number of benzene rings is 2. The van der Waals surface area contributed by atoms with Gasteiger partial charge >= 0.3 is 0 Å². The lowest BCUT2D eigenvalue weighted by Gasteiger charge is -2.20. The van der Waals surface area contributed by atoms with Crippen LogP contribution < -0.4 is 11.5 Å². The van der Waals surface area contributed by atoms with Crippen molar-refractivity contribution < 1.29 is 9.59 Å². The second-order valence-corrected chi connectivity index (χ2v) is 4.72. The molecular weight excluding hydrogens is 240 g/mol. The van der Waals surface area contributed by atoms with E-state index in [9.17, 15) is 9.59 Å². The highest BCUT2D eigenvalue weighted by Gasteiger charge is 2.31. The minimum absolute atomic E-state index is 0.172. The van der Waals surface area contributed by atoms with E-state index in [1.807, 2.05) is 0 Å². The van der Waals surface area contributed by atoms with Crippen molar-refractivity contribution in [2.45, 2.75) is 6.92 Å². The number of carbonyl (C=O) groups is 2. The second kappa shape index (κ2) is 3.68. The summed E-state index contributed by atoms with van der Waals surface area (Å²) in [5.41, 5.74) is 14.7. The lowest BCUT2D eigenvalue weighted by Crippen LogP contribution is -2.22. The molecule has 4 heteroatoms. The predicted octanol–water partition coefficient (Wildman–Crippen LogP) is 1.93. The Hall–Kier alpha value is -2.62. The van der Waals surface area contributed by atoms with Gasteiger partial charge in [0, 0.05) is 33.6 Å². The van der Waals surface area contributed by atoms with Gasteiger partial charge in [-0.3, -0.25) is 9.59 Å². The first-order chi connectivity index (χ1) is 8.99. The maximum absolute atomic E-state index is 12.5. The lowest BCUT2D eigenvalue weighted by molar-refractivity contribution is 0.0978. The molecule has 0 atom stereocenters. The van der Waals surface area contributed by atoms with E-state index in [4.69, 9.17) is 11.5 Å². The molecule has 2 aromatic carbocycles. The highest BCUT2D eigenvalue weighted by atomic mass is 16.1. The zero-order chi connectivity index (χ0) is 13.7. The van der Waals surface area contributed by atoms with Gasteiger partial charge in [-0.25, -0.2) is 0 Å². The standard InChI is InChI=1S/C15H12N2O2/c1-7-4-9(17)6-12-13(7)15(19)11-5-8(16)2-3-10(11)14(12)18/h2-6H,16-17H2,1H3. The maximum atomic E-state index is 12.5. The molecule has 19 heavy (non-hydrogen) atoms. The van der Waals surface area contributed by atoms with Crippen LogP contribution in [-0.4, -0.2) is 11.6 Å². The number of anilines is 2. The molecule has 0 spiro atoms. The first kappa shape index (κ1) is 11.5. The van der Waals surface area contributed by atoms with E-state index < -0.39 is 0 Å². The molecule has 0 unspecified atom stereocenters. The summed E-state index contributed by atoms with van der Waals surface area (Å²) in [7, 11) is 0. The van der Waals surface area contributed by atoms with Gasteiger partial charge in [0.25, 0.3) is 0 Å². The van der Waals surface area contributed by atoms with Crippen molar-refractivity contribution in [3.05, 3.63) is 58.1 Å². The summed E-state index contributed by atoms with van der Waals surface area (Å²) in [4.78, 5) is 24.9. The fraction of sp³-hybridized carbons (Fsp3) is 0.0667. The number of rotatable bonds is 0. The molecule has 0 fully saturated rings. The normalized spacial score (nSPS) is 13.1. The third-order valence-electron chi connectivity index (χ3n) is 3.36. The molecule has 0 aromatic heterocycles. The maximum Gasteiger partial charge on any atom is 0.194 e. The molecule has 2 aromatic rings. The monoisotopic (exact) mass is 252 g/mol. The minimum Gasteiger partial charge on any atom is -0.399 e. The van der Waals surface area contributed by atoms with Crippen LogP contribution in [-0.2, 0) is 0 Å². The molecule has 0 heterocycles. The molecule has 0 aliphatic heterocycles. The number of nitrogen functional groups attached to an aromatic ring is 2. The number of hydrogen-bond acceptors (Lipinski definition) is 4. The molecule has 3 rings (SSSR count). The molecule has 0 amide bonds. The van der Waals surface area contributed by atoms with E-state index in [2.05, 4.69) is 0 Å². The Morgan fingerprint density at radius 3 is 2.21 bits per heavy atom. The van der Waals surface area contributed by atoms with Crippen LogP contribution >= 0.6 is 0 Å². The van der Waals surface area contributed by atoms with E-state index in [1.54, 1.807) is 37.3 Å².